The van der Waals surface area contributed by atoms with Crippen LogP contribution in [0.5, 0.6) is 0 Å². The Bertz CT molecular complexity index is 3870. The SMILES string of the molecule is CC(C)(C)c1cccc(N2c3cc(C(C)(C)C)ccc3B3c4cc5sc6ccccc6c5cc4N(c4ccc(C(C)(C)C)cc4-c4ccccc4)c4cc(N5c6ccc(C(C)(C)C)cc6C6(C)CCCCC56C)cc2c43)c1. The Balaban J connectivity index is 1.21. The Morgan fingerprint density at radius 2 is 1.03 bits per heavy atom. The van der Waals surface area contributed by atoms with E-state index in [0.29, 0.717) is 0 Å². The van der Waals surface area contributed by atoms with Gasteiger partial charge in [-0.1, -0.05) is 194 Å². The summed E-state index contributed by atoms with van der Waals surface area (Å²) >= 11 is 1.93. The molecule has 1 aliphatic carbocycles. The standard InChI is InChI=1S/C72H76BN3S/c1-67(2,3)46-25-22-26-50(37-46)74-60-40-49(70(10,11)12)29-32-56(60)73-57-44-65-54(52-27-18-19-28-64(52)77-65)43-61(57)75(58-33-30-47(68(4,5)6)38-53(58)45-23-16-15-17-24-45)63-42-51(41-62(74)66(63)73)76-59-34-31-48(69(7,8)9)39-55(59)71(13)35-20-21-36-72(71,76)14/h15-19,22-34,37-44H,20-21,35-36H2,1-14H3. The number of nitrogens with zero attached hydrogens (tertiary/aromatic N) is 3. The summed E-state index contributed by atoms with van der Waals surface area (Å²) in [6, 6.07) is 62.5. The Morgan fingerprint density at radius 1 is 0.429 bits per heavy atom. The van der Waals surface area contributed by atoms with Gasteiger partial charge < -0.3 is 14.7 Å². The number of benzene rings is 8. The molecule has 0 amide bonds. The summed E-state index contributed by atoms with van der Waals surface area (Å²) in [6.07, 6.45) is 4.74. The van der Waals surface area contributed by atoms with Crippen molar-refractivity contribution in [2.75, 3.05) is 14.7 Å². The minimum Gasteiger partial charge on any atom is -0.334 e. The van der Waals surface area contributed by atoms with E-state index in [1.807, 2.05) is 11.3 Å². The summed E-state index contributed by atoms with van der Waals surface area (Å²) in [4.78, 5) is 8.24. The second-order valence-electron chi connectivity index (χ2n) is 27.8. The van der Waals surface area contributed by atoms with Gasteiger partial charge in [0.15, 0.2) is 0 Å². The second-order valence-corrected chi connectivity index (χ2v) is 28.9. The highest BCUT2D eigenvalue weighted by molar-refractivity contribution is 7.26. The largest absolute Gasteiger partial charge is 0.334 e. The predicted octanol–water partition coefficient (Wildman–Crippen LogP) is 18.7. The summed E-state index contributed by atoms with van der Waals surface area (Å²) < 4.78 is 2.66. The van der Waals surface area contributed by atoms with Crippen molar-refractivity contribution >= 4 is 100 Å². The van der Waals surface area contributed by atoms with Crippen molar-refractivity contribution in [1.82, 2.24) is 0 Å². The molecule has 1 aromatic heterocycles. The lowest BCUT2D eigenvalue weighted by Gasteiger charge is -2.51. The summed E-state index contributed by atoms with van der Waals surface area (Å²) in [5.41, 5.74) is 23.1. The van der Waals surface area contributed by atoms with Crippen molar-refractivity contribution in [3.05, 3.63) is 186 Å². The highest BCUT2D eigenvalue weighted by Gasteiger charge is 2.58. The van der Waals surface area contributed by atoms with Crippen LogP contribution in [0.2, 0.25) is 0 Å². The number of anilines is 8. The molecule has 3 nitrogen and oxygen atoms in total. The molecule has 4 heterocycles. The van der Waals surface area contributed by atoms with Gasteiger partial charge in [0.1, 0.15) is 0 Å². The quantitative estimate of drug-likeness (QED) is 0.163. The molecule has 3 aliphatic heterocycles. The second kappa shape index (κ2) is 17.0. The molecule has 0 radical (unpaired) electrons. The fraction of sp³-hybridized carbons (Fsp3) is 0.333. The zero-order valence-electron chi connectivity index (χ0n) is 48.2. The van der Waals surface area contributed by atoms with E-state index in [2.05, 4.69) is 269 Å². The molecule has 5 heteroatoms. The van der Waals surface area contributed by atoms with Crippen LogP contribution < -0.4 is 31.1 Å². The van der Waals surface area contributed by atoms with Crippen LogP contribution in [-0.4, -0.2) is 12.3 Å². The molecule has 388 valence electrons. The van der Waals surface area contributed by atoms with Crippen molar-refractivity contribution in [3.63, 3.8) is 0 Å². The monoisotopic (exact) mass is 1030 g/mol. The van der Waals surface area contributed by atoms with Gasteiger partial charge in [-0.15, -0.1) is 11.3 Å². The first-order valence-electron chi connectivity index (χ1n) is 28.6. The molecule has 9 aromatic rings. The number of hydrogen-bond acceptors (Lipinski definition) is 4. The minimum absolute atomic E-state index is 0.0301. The third-order valence-electron chi connectivity index (χ3n) is 18.8. The van der Waals surface area contributed by atoms with E-state index in [-0.39, 0.29) is 39.3 Å². The fourth-order valence-corrected chi connectivity index (χ4v) is 15.2. The van der Waals surface area contributed by atoms with E-state index in [4.69, 9.17) is 0 Å². The molecule has 0 bridgehead atoms. The Labute approximate surface area is 464 Å². The summed E-state index contributed by atoms with van der Waals surface area (Å²) in [6.45, 7) is 33.5. The Morgan fingerprint density at radius 3 is 1.74 bits per heavy atom. The molecule has 2 unspecified atom stereocenters. The van der Waals surface area contributed by atoms with Crippen LogP contribution in [0, 0.1) is 0 Å². The molecule has 13 rings (SSSR count). The third-order valence-corrected chi connectivity index (χ3v) is 19.9. The topological polar surface area (TPSA) is 9.72 Å². The van der Waals surface area contributed by atoms with Crippen LogP contribution in [0.25, 0.3) is 31.3 Å². The van der Waals surface area contributed by atoms with Gasteiger partial charge in [-0.2, -0.15) is 0 Å². The van der Waals surface area contributed by atoms with Crippen LogP contribution in [0.3, 0.4) is 0 Å². The number of thiophene rings is 1. The third kappa shape index (κ3) is 7.63. The van der Waals surface area contributed by atoms with Gasteiger partial charge in [-0.3, -0.25) is 0 Å². The molecule has 8 aromatic carbocycles. The average molecular weight is 1030 g/mol. The summed E-state index contributed by atoms with van der Waals surface area (Å²) in [5.74, 6) is 0. The fourth-order valence-electron chi connectivity index (χ4n) is 14.1. The van der Waals surface area contributed by atoms with Gasteiger partial charge >= 0.3 is 0 Å². The zero-order chi connectivity index (χ0) is 53.9. The van der Waals surface area contributed by atoms with E-state index in [0.717, 1.165) is 6.42 Å². The average Bonchev–Trinajstić information content (AvgIpc) is 3.79. The smallest absolute Gasteiger partial charge is 0.252 e. The van der Waals surface area contributed by atoms with E-state index in [1.54, 1.807) is 0 Å². The number of hydrogen-bond donors (Lipinski definition) is 0. The molecule has 1 saturated carbocycles. The molecule has 4 aliphatic rings. The minimum atomic E-state index is -0.171. The molecule has 0 N–H and O–H groups in total. The van der Waals surface area contributed by atoms with Crippen molar-refractivity contribution in [2.24, 2.45) is 0 Å². The first-order valence-corrected chi connectivity index (χ1v) is 29.4. The predicted molar refractivity (Wildman–Crippen MR) is 336 cm³/mol. The summed E-state index contributed by atoms with van der Waals surface area (Å²) in [7, 11) is 0. The Kier molecular flexibility index (Phi) is 11.0. The molecule has 0 spiro atoms. The van der Waals surface area contributed by atoms with Gasteiger partial charge in [0.05, 0.1) is 11.2 Å². The lowest BCUT2D eigenvalue weighted by Crippen LogP contribution is -2.61. The maximum atomic E-state index is 2.84. The summed E-state index contributed by atoms with van der Waals surface area (Å²) in [5, 5.41) is 2.63. The van der Waals surface area contributed by atoms with E-state index in [9.17, 15) is 0 Å². The van der Waals surface area contributed by atoms with Crippen LogP contribution in [0.15, 0.2) is 158 Å². The molecule has 77 heavy (non-hydrogen) atoms. The van der Waals surface area contributed by atoms with Crippen LogP contribution in [-0.2, 0) is 27.1 Å². The van der Waals surface area contributed by atoms with Gasteiger partial charge in [0.25, 0.3) is 6.71 Å². The first-order chi connectivity index (χ1) is 36.4. The maximum Gasteiger partial charge on any atom is 0.252 e. The highest BCUT2D eigenvalue weighted by atomic mass is 32.1. The first kappa shape index (κ1) is 50.0. The zero-order valence-corrected chi connectivity index (χ0v) is 49.0. The Hall–Kier alpha value is -6.56. The van der Waals surface area contributed by atoms with Crippen molar-refractivity contribution in [1.29, 1.82) is 0 Å². The van der Waals surface area contributed by atoms with Crippen LogP contribution in [0.1, 0.15) is 150 Å². The van der Waals surface area contributed by atoms with Crippen LogP contribution in [0.4, 0.5) is 45.5 Å². The highest BCUT2D eigenvalue weighted by Crippen LogP contribution is 2.62. The number of fused-ring (bicyclic) bond motifs is 10. The van der Waals surface area contributed by atoms with E-state index < -0.39 is 0 Å². The maximum absolute atomic E-state index is 2.84. The number of rotatable bonds is 4. The van der Waals surface area contributed by atoms with Gasteiger partial charge in [0.2, 0.25) is 0 Å². The molecule has 0 saturated heterocycles. The molecule has 2 atom stereocenters. The van der Waals surface area contributed by atoms with E-state index in [1.165, 1.54) is 140 Å². The van der Waals surface area contributed by atoms with Gasteiger partial charge in [0, 0.05) is 71.0 Å². The lowest BCUT2D eigenvalue weighted by atomic mass is 9.33. The molecular formula is C72H76BN3S. The van der Waals surface area contributed by atoms with Crippen LogP contribution >= 0.6 is 11.3 Å². The molecule has 1 fully saturated rings. The lowest BCUT2D eigenvalue weighted by molar-refractivity contribution is 0.195. The van der Waals surface area contributed by atoms with Gasteiger partial charge in [-0.05, 0) is 158 Å². The van der Waals surface area contributed by atoms with Crippen molar-refractivity contribution in [3.8, 4) is 11.1 Å². The van der Waals surface area contributed by atoms with E-state index >= 15 is 0 Å². The normalized spacial score (nSPS) is 19.1. The van der Waals surface area contributed by atoms with Crippen molar-refractivity contribution < 1.29 is 0 Å². The van der Waals surface area contributed by atoms with Crippen molar-refractivity contribution in [2.45, 2.75) is 155 Å². The molecular weight excluding hydrogens is 950 g/mol. The van der Waals surface area contributed by atoms with Gasteiger partial charge in [-0.25, -0.2) is 0 Å².